The van der Waals surface area contributed by atoms with Gasteiger partial charge in [-0.25, -0.2) is 18.7 Å². The van der Waals surface area contributed by atoms with Crippen molar-refractivity contribution in [2.75, 3.05) is 12.3 Å². The molecule has 1 fully saturated rings. The van der Waals surface area contributed by atoms with Gasteiger partial charge in [-0.1, -0.05) is 0 Å². The van der Waals surface area contributed by atoms with Crippen molar-refractivity contribution in [1.29, 1.82) is 0 Å². The first-order valence-corrected chi connectivity index (χ1v) is 13.4. The summed E-state index contributed by atoms with van der Waals surface area (Å²) < 4.78 is 33.6. The molecule has 0 radical (unpaired) electrons. The molecule has 14 N–H and O–H groups in total. The van der Waals surface area contributed by atoms with Gasteiger partial charge in [0.2, 0.25) is 5.95 Å². The van der Waals surface area contributed by atoms with E-state index in [9.17, 15) is 9.90 Å². The molecule has 0 saturated carbocycles. The third-order valence-corrected chi connectivity index (χ3v) is 3.80. The Labute approximate surface area is 198 Å². The number of hydrogen-bond donors (Lipinski definition) is 14. The third-order valence-electron chi connectivity index (χ3n) is 3.24. The third kappa shape index (κ3) is 14.8. The molecule has 0 aromatic carbocycles. The van der Waals surface area contributed by atoms with Crippen molar-refractivity contribution in [3.63, 3.8) is 0 Å². The molecule has 0 aliphatic carbocycles. The van der Waals surface area contributed by atoms with E-state index in [0.29, 0.717) is 0 Å². The maximum absolute atomic E-state index is 11.7. The summed E-state index contributed by atoms with van der Waals surface area (Å²) >= 11 is 4.28. The van der Waals surface area contributed by atoms with E-state index >= 15 is 0 Å². The monoisotopic (exact) mass is 593 g/mol. The molecule has 1 saturated heterocycles. The van der Waals surface area contributed by atoms with E-state index in [0.717, 1.165) is 0 Å². The predicted octanol–water partition coefficient (Wildman–Crippen LogP) is -4.53. The van der Waals surface area contributed by atoms with Crippen LogP contribution in [0.3, 0.4) is 0 Å². The molecule has 0 amide bonds. The van der Waals surface area contributed by atoms with Crippen LogP contribution in [-0.2, 0) is 18.4 Å². The smallest absolute Gasteiger partial charge is 0.394 e. The minimum Gasteiger partial charge on any atom is -0.394 e. The van der Waals surface area contributed by atoms with Crippen LogP contribution in [-0.4, -0.2) is 97.8 Å². The van der Waals surface area contributed by atoms with Crippen LogP contribution < -0.4 is 11.3 Å². The fourth-order valence-electron chi connectivity index (χ4n) is 2.24. The number of aliphatic hydroxyl groups is 2. The molecule has 2 aromatic rings. The Morgan fingerprint density at radius 2 is 1.46 bits per heavy atom. The summed E-state index contributed by atoms with van der Waals surface area (Å²) in [6.45, 7) is -0.336. The Morgan fingerprint density at radius 1 is 1.03 bits per heavy atom. The molecule has 4 atom stereocenters. The summed E-state index contributed by atoms with van der Waals surface area (Å²) in [7, 11) is -13.9. The SMILES string of the molecule is Nc1nc2c(ncn2[C@@H]2O[C@H](CO)[C@@H](O)[C@@H]2S)c(=O)[nH]1.O=P(O)(O)O.O=P(O)(O)O.O=P(O)(O)O. The lowest BCUT2D eigenvalue weighted by Crippen LogP contribution is -2.30. The molecular formula is C10H22N5O16P3S. The second kappa shape index (κ2) is 13.3. The van der Waals surface area contributed by atoms with Crippen molar-refractivity contribution in [3.05, 3.63) is 16.7 Å². The van der Waals surface area contributed by atoms with Gasteiger partial charge in [-0.2, -0.15) is 17.6 Å². The molecule has 0 unspecified atom stereocenters. The Hall–Kier alpha value is -1.29. The molecule has 21 nitrogen and oxygen atoms in total. The highest BCUT2D eigenvalue weighted by molar-refractivity contribution is 7.81. The fraction of sp³-hybridized carbons (Fsp3) is 0.500. The molecule has 35 heavy (non-hydrogen) atoms. The zero-order chi connectivity index (χ0) is 27.9. The highest BCUT2D eigenvalue weighted by atomic mass is 32.1. The van der Waals surface area contributed by atoms with E-state index in [1.54, 1.807) is 0 Å². The van der Waals surface area contributed by atoms with E-state index in [-0.39, 0.29) is 23.7 Å². The standard InChI is InChI=1S/C10H13N5O4S.3H3O4P/c11-10-13-7-4(8(18)14-10)12-2-15(7)9-6(20)5(17)3(1-16)19-9;3*1-5(2,3)4/h2-3,5-6,9,16-17,20H,1H2,(H3,11,13,14,18);3*(H3,1,2,3,4)/t3-,5-,6+,9-;;;/m1.../s1. The van der Waals surface area contributed by atoms with Gasteiger partial charge in [0.25, 0.3) is 5.56 Å². The lowest BCUT2D eigenvalue weighted by molar-refractivity contribution is -0.0430. The molecule has 0 spiro atoms. The summed E-state index contributed by atoms with van der Waals surface area (Å²) in [6.07, 6.45) is -1.03. The normalized spacial score (nSPS) is 22.3. The molecule has 204 valence electrons. The van der Waals surface area contributed by atoms with Gasteiger partial charge in [0.1, 0.15) is 6.10 Å². The molecule has 1 aliphatic rings. The van der Waals surface area contributed by atoms with Crippen molar-refractivity contribution < 1.29 is 72.7 Å². The highest BCUT2D eigenvalue weighted by Gasteiger charge is 2.43. The quantitative estimate of drug-likeness (QED) is 0.115. The van der Waals surface area contributed by atoms with Gasteiger partial charge in [0.05, 0.1) is 24.3 Å². The molecular weight excluding hydrogens is 571 g/mol. The number of fused-ring (bicyclic) bond motifs is 1. The number of aromatic nitrogens is 4. The Balaban J connectivity index is 0.000000635. The number of thiol groups is 1. The van der Waals surface area contributed by atoms with Gasteiger partial charge in [0, 0.05) is 0 Å². The van der Waals surface area contributed by atoms with Crippen molar-refractivity contribution in [1.82, 2.24) is 19.5 Å². The zero-order valence-electron chi connectivity index (χ0n) is 16.8. The van der Waals surface area contributed by atoms with E-state index < -0.39 is 52.7 Å². The van der Waals surface area contributed by atoms with E-state index in [2.05, 4.69) is 27.6 Å². The van der Waals surface area contributed by atoms with Gasteiger partial charge in [-0.05, 0) is 0 Å². The van der Waals surface area contributed by atoms with Crippen molar-refractivity contribution >= 4 is 53.2 Å². The second-order valence-electron chi connectivity index (χ2n) is 6.04. The summed E-state index contributed by atoms with van der Waals surface area (Å²) in [6, 6.07) is 0. The first-order valence-electron chi connectivity index (χ1n) is 8.22. The van der Waals surface area contributed by atoms with Crippen molar-refractivity contribution in [3.8, 4) is 0 Å². The molecule has 25 heteroatoms. The van der Waals surface area contributed by atoms with Crippen molar-refractivity contribution in [2.24, 2.45) is 0 Å². The van der Waals surface area contributed by atoms with Crippen LogP contribution in [0.15, 0.2) is 11.1 Å². The van der Waals surface area contributed by atoms with Crippen molar-refractivity contribution in [2.45, 2.75) is 23.7 Å². The molecule has 0 bridgehead atoms. The molecule has 3 rings (SSSR count). The summed E-state index contributed by atoms with van der Waals surface area (Å²) in [5, 5.41) is 18.4. The lowest BCUT2D eigenvalue weighted by atomic mass is 10.2. The number of nitrogens with two attached hydrogens (primary N) is 1. The van der Waals surface area contributed by atoms with Crippen LogP contribution in [0.5, 0.6) is 0 Å². The number of aromatic amines is 1. The highest BCUT2D eigenvalue weighted by Crippen LogP contribution is 2.34. The van der Waals surface area contributed by atoms with Gasteiger partial charge >= 0.3 is 23.5 Å². The predicted molar refractivity (Wildman–Crippen MR) is 115 cm³/mol. The average molecular weight is 593 g/mol. The first-order chi connectivity index (χ1) is 15.5. The van der Waals surface area contributed by atoms with Crippen LogP contribution in [0.4, 0.5) is 5.95 Å². The number of rotatable bonds is 2. The number of nitrogens with one attached hydrogen (secondary N) is 1. The molecule has 3 heterocycles. The van der Waals surface area contributed by atoms with Crippen LogP contribution in [0.2, 0.25) is 0 Å². The number of hydrogen-bond acceptors (Lipinski definition) is 11. The van der Waals surface area contributed by atoms with E-state index in [1.807, 2.05) is 0 Å². The summed E-state index contributed by atoms with van der Waals surface area (Å²) in [4.78, 5) is 86.7. The number of ether oxygens (including phenoxy) is 1. The summed E-state index contributed by atoms with van der Waals surface area (Å²) in [5.41, 5.74) is 5.40. The minimum atomic E-state index is -4.64. The maximum atomic E-state index is 11.7. The van der Waals surface area contributed by atoms with Crippen LogP contribution >= 0.6 is 36.1 Å². The number of phosphoric acid groups is 3. The van der Waals surface area contributed by atoms with E-state index in [4.69, 9.17) is 73.3 Å². The molecule has 2 aromatic heterocycles. The van der Waals surface area contributed by atoms with Crippen LogP contribution in [0.1, 0.15) is 6.23 Å². The number of nitrogen functional groups attached to an aromatic ring is 1. The number of nitrogens with zero attached hydrogens (tertiary/aromatic N) is 3. The van der Waals surface area contributed by atoms with Gasteiger partial charge in [-0.3, -0.25) is 14.3 Å². The Bertz CT molecular complexity index is 1080. The Kier molecular flexibility index (Phi) is 12.8. The van der Waals surface area contributed by atoms with Crippen LogP contribution in [0.25, 0.3) is 11.2 Å². The Morgan fingerprint density at radius 3 is 1.83 bits per heavy atom. The van der Waals surface area contributed by atoms with Gasteiger partial charge < -0.3 is 64.7 Å². The fourth-order valence-corrected chi connectivity index (χ4v) is 2.65. The lowest BCUT2D eigenvalue weighted by Gasteiger charge is -2.16. The topological polar surface area (TPSA) is 373 Å². The summed E-state index contributed by atoms with van der Waals surface area (Å²) in [5.74, 6) is -0.0442. The molecule has 1 aliphatic heterocycles. The number of anilines is 1. The average Bonchev–Trinajstić information content (AvgIpc) is 3.12. The largest absolute Gasteiger partial charge is 0.466 e. The zero-order valence-corrected chi connectivity index (χ0v) is 20.3. The van der Waals surface area contributed by atoms with Gasteiger partial charge in [0.15, 0.2) is 17.4 Å². The van der Waals surface area contributed by atoms with Gasteiger partial charge in [-0.15, -0.1) is 0 Å². The van der Waals surface area contributed by atoms with E-state index in [1.165, 1.54) is 10.9 Å². The first kappa shape index (κ1) is 33.7. The second-order valence-corrected chi connectivity index (χ2v) is 9.72. The number of imidazole rings is 1. The minimum absolute atomic E-state index is 0.0442. The maximum Gasteiger partial charge on any atom is 0.466 e. The number of aliphatic hydroxyl groups excluding tert-OH is 2. The van der Waals surface area contributed by atoms with Crippen LogP contribution in [0, 0.1) is 0 Å². The number of H-pyrrole nitrogens is 1.